The summed E-state index contributed by atoms with van der Waals surface area (Å²) in [6, 6.07) is 1.97. The molecular weight excluding hydrogens is 435 g/mol. The summed E-state index contributed by atoms with van der Waals surface area (Å²) in [7, 11) is 0. The lowest BCUT2D eigenvalue weighted by Crippen LogP contribution is -2.52. The predicted molar refractivity (Wildman–Crippen MR) is 106 cm³/mol. The highest BCUT2D eigenvalue weighted by Crippen LogP contribution is 2.35. The maximum Gasteiger partial charge on any atom is 0.410 e. The molecule has 1 aromatic carbocycles. The van der Waals surface area contributed by atoms with E-state index in [0.29, 0.717) is 18.8 Å². The van der Waals surface area contributed by atoms with E-state index in [2.05, 4.69) is 5.10 Å². The van der Waals surface area contributed by atoms with E-state index >= 15 is 0 Å². The highest BCUT2D eigenvalue weighted by Gasteiger charge is 2.39. The minimum atomic E-state index is -4.26. The van der Waals surface area contributed by atoms with Crippen molar-refractivity contribution in [1.29, 1.82) is 0 Å². The van der Waals surface area contributed by atoms with Gasteiger partial charge in [0.2, 0.25) is 0 Å². The highest BCUT2D eigenvalue weighted by molar-refractivity contribution is 5.84. The van der Waals surface area contributed by atoms with Gasteiger partial charge in [0.05, 0.1) is 23.1 Å². The number of nitrogens with zero attached hydrogens (tertiary/aromatic N) is 4. The van der Waals surface area contributed by atoms with Crippen LogP contribution in [0, 0.1) is 17.6 Å². The first-order chi connectivity index (χ1) is 14.8. The predicted octanol–water partition coefficient (Wildman–Crippen LogP) is 4.14. The second-order valence-electron chi connectivity index (χ2n) is 9.61. The molecule has 0 radical (unpaired) electrons. The number of fused-ring (bicyclic) bond motifs is 1. The Labute approximate surface area is 181 Å². The Morgan fingerprint density at radius 2 is 1.78 bits per heavy atom. The zero-order valence-corrected chi connectivity index (χ0v) is 18.0. The number of halogens is 5. The lowest BCUT2D eigenvalue weighted by molar-refractivity contribution is -0.159. The van der Waals surface area contributed by atoms with Gasteiger partial charge in [-0.2, -0.15) is 18.3 Å². The standard InChI is InChI=1S/C21H25F5N4O2/c1-20(2,3)32-19(31)29-9-13(10-29)18-17-15(23)4-14(22)5-16(17)30(27-18)8-12-6-28(7-12)11-21(24,25)26/h4-5,12-13H,6-11H2,1-3H3. The molecule has 0 aliphatic carbocycles. The van der Waals surface area contributed by atoms with Crippen LogP contribution in [0.1, 0.15) is 32.4 Å². The summed E-state index contributed by atoms with van der Waals surface area (Å²) in [5.41, 5.74) is 0.0503. The summed E-state index contributed by atoms with van der Waals surface area (Å²) < 4.78 is 72.9. The Balaban J connectivity index is 1.49. The van der Waals surface area contributed by atoms with Gasteiger partial charge in [0.15, 0.2) is 0 Å². The van der Waals surface area contributed by atoms with Gasteiger partial charge in [-0.15, -0.1) is 0 Å². The molecule has 1 aromatic heterocycles. The SMILES string of the molecule is CC(C)(C)OC(=O)N1CC(c2nn(CC3CN(CC(F)(F)F)C3)c3cc(F)cc(F)c23)C1. The van der Waals surface area contributed by atoms with Crippen LogP contribution in [0.15, 0.2) is 12.1 Å². The van der Waals surface area contributed by atoms with Gasteiger partial charge >= 0.3 is 12.3 Å². The molecule has 32 heavy (non-hydrogen) atoms. The normalized spacial score (nSPS) is 18.7. The lowest BCUT2D eigenvalue weighted by Gasteiger charge is -2.39. The number of hydrogen-bond acceptors (Lipinski definition) is 4. The minimum absolute atomic E-state index is 0.0979. The van der Waals surface area contributed by atoms with Gasteiger partial charge < -0.3 is 9.64 Å². The van der Waals surface area contributed by atoms with E-state index in [1.807, 2.05) is 0 Å². The lowest BCUT2D eigenvalue weighted by atomic mass is 9.94. The van der Waals surface area contributed by atoms with E-state index in [1.54, 1.807) is 20.8 Å². The van der Waals surface area contributed by atoms with Gasteiger partial charge in [0.1, 0.15) is 17.2 Å². The molecule has 0 atom stereocenters. The summed E-state index contributed by atoms with van der Waals surface area (Å²) in [5, 5.41) is 4.68. The fourth-order valence-corrected chi connectivity index (χ4v) is 4.22. The number of benzene rings is 1. The molecule has 2 fully saturated rings. The third-order valence-corrected chi connectivity index (χ3v) is 5.58. The molecule has 0 N–H and O–H groups in total. The van der Waals surface area contributed by atoms with E-state index in [-0.39, 0.29) is 42.4 Å². The summed E-state index contributed by atoms with van der Waals surface area (Å²) in [4.78, 5) is 15.0. The van der Waals surface area contributed by atoms with Crippen molar-refractivity contribution in [3.05, 3.63) is 29.5 Å². The highest BCUT2D eigenvalue weighted by atomic mass is 19.4. The van der Waals surface area contributed by atoms with Crippen molar-refractivity contribution in [2.45, 2.75) is 45.0 Å². The number of carbonyl (C=O) groups is 1. The number of ether oxygens (including phenoxy) is 1. The molecule has 2 aliphatic rings. The molecule has 0 saturated carbocycles. The molecule has 0 unspecified atom stereocenters. The number of rotatable bonds is 4. The number of amides is 1. The van der Waals surface area contributed by atoms with Gasteiger partial charge in [-0.3, -0.25) is 9.58 Å². The van der Waals surface area contributed by atoms with Crippen molar-refractivity contribution in [3.63, 3.8) is 0 Å². The number of alkyl halides is 3. The molecule has 0 bridgehead atoms. The van der Waals surface area contributed by atoms with Crippen LogP contribution in [0.4, 0.5) is 26.7 Å². The van der Waals surface area contributed by atoms with Crippen molar-refractivity contribution in [2.24, 2.45) is 5.92 Å². The maximum absolute atomic E-state index is 14.7. The van der Waals surface area contributed by atoms with Crippen LogP contribution in [-0.4, -0.2) is 70.2 Å². The third-order valence-electron chi connectivity index (χ3n) is 5.58. The Morgan fingerprint density at radius 3 is 2.38 bits per heavy atom. The van der Waals surface area contributed by atoms with E-state index in [0.717, 1.165) is 6.07 Å². The van der Waals surface area contributed by atoms with Crippen molar-refractivity contribution in [2.75, 3.05) is 32.7 Å². The van der Waals surface area contributed by atoms with Crippen LogP contribution in [0.3, 0.4) is 0 Å². The molecule has 0 spiro atoms. The summed E-state index contributed by atoms with van der Waals surface area (Å²) >= 11 is 0. The molecule has 2 aliphatic heterocycles. The molecular formula is C21H25F5N4O2. The molecule has 176 valence electrons. The minimum Gasteiger partial charge on any atom is -0.444 e. The van der Waals surface area contributed by atoms with Crippen LogP contribution in [0.2, 0.25) is 0 Å². The molecule has 6 nitrogen and oxygen atoms in total. The van der Waals surface area contributed by atoms with E-state index in [1.165, 1.54) is 20.5 Å². The zero-order chi connectivity index (χ0) is 23.4. The number of carbonyl (C=O) groups excluding carboxylic acids is 1. The quantitative estimate of drug-likeness (QED) is 0.644. The molecule has 1 amide bonds. The van der Waals surface area contributed by atoms with Gasteiger partial charge in [-0.1, -0.05) is 0 Å². The van der Waals surface area contributed by atoms with Crippen molar-refractivity contribution < 1.29 is 31.5 Å². The van der Waals surface area contributed by atoms with E-state index in [4.69, 9.17) is 4.74 Å². The van der Waals surface area contributed by atoms with Crippen LogP contribution >= 0.6 is 0 Å². The van der Waals surface area contributed by atoms with Crippen molar-refractivity contribution >= 4 is 17.0 Å². The number of hydrogen-bond donors (Lipinski definition) is 0. The Hall–Kier alpha value is -2.43. The molecule has 2 saturated heterocycles. The van der Waals surface area contributed by atoms with Gasteiger partial charge in [0, 0.05) is 50.6 Å². The third kappa shape index (κ3) is 4.82. The fourth-order valence-electron chi connectivity index (χ4n) is 4.22. The summed E-state index contributed by atoms with van der Waals surface area (Å²) in [6.45, 7) is 5.64. The first-order valence-electron chi connectivity index (χ1n) is 10.4. The maximum atomic E-state index is 14.7. The largest absolute Gasteiger partial charge is 0.444 e. The van der Waals surface area contributed by atoms with Crippen LogP contribution < -0.4 is 0 Å². The second-order valence-corrected chi connectivity index (χ2v) is 9.61. The van der Waals surface area contributed by atoms with Gasteiger partial charge in [0.25, 0.3) is 0 Å². The monoisotopic (exact) mass is 460 g/mol. The number of aromatic nitrogens is 2. The van der Waals surface area contributed by atoms with Crippen molar-refractivity contribution in [1.82, 2.24) is 19.6 Å². The Kier molecular flexibility index (Phi) is 5.59. The second kappa shape index (κ2) is 7.86. The van der Waals surface area contributed by atoms with Gasteiger partial charge in [-0.05, 0) is 26.8 Å². The van der Waals surface area contributed by atoms with E-state index < -0.39 is 36.0 Å². The smallest absolute Gasteiger partial charge is 0.410 e. The average molecular weight is 460 g/mol. The average Bonchev–Trinajstić information content (AvgIpc) is 2.87. The van der Waals surface area contributed by atoms with Crippen LogP contribution in [-0.2, 0) is 11.3 Å². The van der Waals surface area contributed by atoms with Crippen molar-refractivity contribution in [3.8, 4) is 0 Å². The topological polar surface area (TPSA) is 50.6 Å². The summed E-state index contributed by atoms with van der Waals surface area (Å²) in [5.74, 6) is -1.84. The summed E-state index contributed by atoms with van der Waals surface area (Å²) in [6.07, 6.45) is -4.73. The first-order valence-corrected chi connectivity index (χ1v) is 10.4. The fraction of sp³-hybridized carbons (Fsp3) is 0.619. The van der Waals surface area contributed by atoms with Gasteiger partial charge in [-0.25, -0.2) is 13.6 Å². The molecule has 11 heteroatoms. The van der Waals surface area contributed by atoms with Crippen LogP contribution in [0.25, 0.3) is 10.9 Å². The van der Waals surface area contributed by atoms with Crippen LogP contribution in [0.5, 0.6) is 0 Å². The zero-order valence-electron chi connectivity index (χ0n) is 18.0. The number of likely N-dealkylation sites (tertiary alicyclic amines) is 2. The molecule has 2 aromatic rings. The van der Waals surface area contributed by atoms with E-state index in [9.17, 15) is 26.7 Å². The molecule has 3 heterocycles. The Bertz CT molecular complexity index is 1020. The molecule has 4 rings (SSSR count). The first kappa shape index (κ1) is 22.8. The Morgan fingerprint density at radius 1 is 1.12 bits per heavy atom.